The Balaban J connectivity index is 2.22. The maximum absolute atomic E-state index is 4.14. The Kier molecular flexibility index (Phi) is 2.40. The smallest absolute Gasteiger partial charge is 0.113 e. The molecule has 0 aliphatic heterocycles. The van der Waals surface area contributed by atoms with Crippen LogP contribution in [0.4, 0.5) is 0 Å². The second kappa shape index (κ2) is 3.95. The van der Waals surface area contributed by atoms with Crippen LogP contribution in [-0.2, 0) is 0 Å². The second-order valence-electron chi connectivity index (χ2n) is 4.71. The van der Waals surface area contributed by atoms with Crippen molar-refractivity contribution >= 4 is 11.0 Å². The first-order chi connectivity index (χ1) is 8.66. The molecule has 0 unspecified atom stereocenters. The lowest BCUT2D eigenvalue weighted by Crippen LogP contribution is -1.90. The van der Waals surface area contributed by atoms with Crippen molar-refractivity contribution in [3.8, 4) is 11.1 Å². The lowest BCUT2D eigenvalue weighted by atomic mass is 9.94. The van der Waals surface area contributed by atoms with Crippen LogP contribution < -0.4 is 0 Å². The molecule has 3 rings (SSSR count). The number of aromatic amines is 1. The van der Waals surface area contributed by atoms with Gasteiger partial charge in [-0.2, -0.15) is 15.4 Å². The highest BCUT2D eigenvalue weighted by molar-refractivity contribution is 5.82. The van der Waals surface area contributed by atoms with Gasteiger partial charge in [0.25, 0.3) is 0 Å². The first-order valence-corrected chi connectivity index (χ1v) is 6.04. The van der Waals surface area contributed by atoms with E-state index in [0.717, 1.165) is 11.0 Å². The molecule has 0 saturated carbocycles. The van der Waals surface area contributed by atoms with Gasteiger partial charge in [-0.25, -0.2) is 0 Å². The summed E-state index contributed by atoms with van der Waals surface area (Å²) in [7, 11) is 0. The van der Waals surface area contributed by atoms with Gasteiger partial charge in [-0.3, -0.25) is 0 Å². The van der Waals surface area contributed by atoms with Crippen LogP contribution in [0.2, 0.25) is 0 Å². The van der Waals surface area contributed by atoms with E-state index in [4.69, 9.17) is 0 Å². The largest absolute Gasteiger partial charge is 0.197 e. The van der Waals surface area contributed by atoms with Crippen LogP contribution >= 0.6 is 0 Å². The van der Waals surface area contributed by atoms with E-state index in [0.29, 0.717) is 0 Å². The van der Waals surface area contributed by atoms with Gasteiger partial charge in [0, 0.05) is 0 Å². The predicted octanol–water partition coefficient (Wildman–Crippen LogP) is 3.55. The molecule has 3 heteroatoms. The van der Waals surface area contributed by atoms with Gasteiger partial charge in [0.15, 0.2) is 0 Å². The molecule has 0 amide bonds. The highest BCUT2D eigenvalue weighted by Gasteiger charge is 2.07. The Labute approximate surface area is 106 Å². The number of nitrogens with zero attached hydrogens (tertiary/aromatic N) is 2. The summed E-state index contributed by atoms with van der Waals surface area (Å²) in [5.41, 5.74) is 8.29. The standard InChI is InChI=1S/C15H15N3/c1-9-4-6-13(11(3)10(9)2)12-5-7-14-15(8-12)17-18-16-14/h4-8H,1-3H3,(H,16,17,18). The van der Waals surface area contributed by atoms with Crippen molar-refractivity contribution in [3.05, 3.63) is 47.0 Å². The molecule has 18 heavy (non-hydrogen) atoms. The van der Waals surface area contributed by atoms with Crippen LogP contribution in [0, 0.1) is 20.8 Å². The topological polar surface area (TPSA) is 41.6 Å². The van der Waals surface area contributed by atoms with Gasteiger partial charge < -0.3 is 0 Å². The summed E-state index contributed by atoms with van der Waals surface area (Å²) >= 11 is 0. The fourth-order valence-corrected chi connectivity index (χ4v) is 2.28. The molecule has 2 aromatic carbocycles. The Hall–Kier alpha value is -2.16. The molecule has 3 nitrogen and oxygen atoms in total. The number of benzene rings is 2. The van der Waals surface area contributed by atoms with Gasteiger partial charge in [-0.15, -0.1) is 0 Å². The fourth-order valence-electron chi connectivity index (χ4n) is 2.28. The van der Waals surface area contributed by atoms with E-state index in [1.807, 2.05) is 6.07 Å². The van der Waals surface area contributed by atoms with Crippen molar-refractivity contribution in [1.29, 1.82) is 0 Å². The van der Waals surface area contributed by atoms with E-state index in [9.17, 15) is 0 Å². The predicted molar refractivity (Wildman–Crippen MR) is 73.5 cm³/mol. The average Bonchev–Trinajstić information content (AvgIpc) is 2.83. The first-order valence-electron chi connectivity index (χ1n) is 6.04. The molecule has 3 aromatic rings. The molecular weight excluding hydrogens is 222 g/mol. The Morgan fingerprint density at radius 3 is 2.44 bits per heavy atom. The van der Waals surface area contributed by atoms with Crippen molar-refractivity contribution in [2.24, 2.45) is 0 Å². The third-order valence-electron chi connectivity index (χ3n) is 3.69. The first kappa shape index (κ1) is 11.0. The zero-order chi connectivity index (χ0) is 12.7. The third-order valence-corrected chi connectivity index (χ3v) is 3.69. The van der Waals surface area contributed by atoms with E-state index in [-0.39, 0.29) is 0 Å². The van der Waals surface area contributed by atoms with Crippen molar-refractivity contribution in [1.82, 2.24) is 15.4 Å². The van der Waals surface area contributed by atoms with E-state index >= 15 is 0 Å². The normalized spacial score (nSPS) is 11.1. The number of aryl methyl sites for hydroxylation is 1. The molecule has 0 radical (unpaired) electrons. The number of aromatic nitrogens is 3. The van der Waals surface area contributed by atoms with Crippen molar-refractivity contribution < 1.29 is 0 Å². The molecule has 90 valence electrons. The summed E-state index contributed by atoms with van der Waals surface area (Å²) in [6, 6.07) is 10.5. The Morgan fingerprint density at radius 1 is 0.833 bits per heavy atom. The molecule has 0 aliphatic rings. The lowest BCUT2D eigenvalue weighted by molar-refractivity contribution is 0.959. The fraction of sp³-hybridized carbons (Fsp3) is 0.200. The van der Waals surface area contributed by atoms with Gasteiger partial charge in [0.2, 0.25) is 0 Å². The van der Waals surface area contributed by atoms with Crippen LogP contribution in [-0.4, -0.2) is 15.4 Å². The number of fused-ring (bicyclic) bond motifs is 1. The van der Waals surface area contributed by atoms with E-state index in [1.54, 1.807) is 0 Å². The summed E-state index contributed by atoms with van der Waals surface area (Å²) in [5.74, 6) is 0. The monoisotopic (exact) mass is 237 g/mol. The molecule has 0 spiro atoms. The van der Waals surface area contributed by atoms with Crippen LogP contribution in [0.5, 0.6) is 0 Å². The summed E-state index contributed by atoms with van der Waals surface area (Å²) in [6.45, 7) is 6.49. The molecule has 1 heterocycles. The van der Waals surface area contributed by atoms with Crippen LogP contribution in [0.3, 0.4) is 0 Å². The second-order valence-corrected chi connectivity index (χ2v) is 4.71. The van der Waals surface area contributed by atoms with Crippen molar-refractivity contribution in [2.75, 3.05) is 0 Å². The van der Waals surface area contributed by atoms with Crippen molar-refractivity contribution in [3.63, 3.8) is 0 Å². The number of H-pyrrole nitrogens is 1. The molecule has 0 aliphatic carbocycles. The minimum atomic E-state index is 0.903. The summed E-state index contributed by atoms with van der Waals surface area (Å²) in [6.07, 6.45) is 0. The molecular formula is C15H15N3. The summed E-state index contributed by atoms with van der Waals surface area (Å²) in [5, 5.41) is 10.9. The number of nitrogens with one attached hydrogen (secondary N) is 1. The SMILES string of the molecule is Cc1ccc(-c2ccc3n[nH]nc3c2)c(C)c1C. The van der Waals surface area contributed by atoms with E-state index in [1.165, 1.54) is 27.8 Å². The maximum atomic E-state index is 4.14. The van der Waals surface area contributed by atoms with E-state index in [2.05, 4.69) is 60.4 Å². The maximum Gasteiger partial charge on any atom is 0.113 e. The highest BCUT2D eigenvalue weighted by Crippen LogP contribution is 2.28. The summed E-state index contributed by atoms with van der Waals surface area (Å²) < 4.78 is 0. The van der Waals surface area contributed by atoms with Gasteiger partial charge in [-0.05, 0) is 60.7 Å². The van der Waals surface area contributed by atoms with Crippen LogP contribution in [0.25, 0.3) is 22.2 Å². The van der Waals surface area contributed by atoms with Gasteiger partial charge in [-0.1, -0.05) is 18.2 Å². The van der Waals surface area contributed by atoms with Gasteiger partial charge in [0.1, 0.15) is 11.0 Å². The highest BCUT2D eigenvalue weighted by atomic mass is 15.3. The van der Waals surface area contributed by atoms with Gasteiger partial charge in [0.05, 0.1) is 0 Å². The van der Waals surface area contributed by atoms with Crippen LogP contribution in [0.1, 0.15) is 16.7 Å². The molecule has 1 N–H and O–H groups in total. The third kappa shape index (κ3) is 1.59. The Morgan fingerprint density at radius 2 is 1.61 bits per heavy atom. The quantitative estimate of drug-likeness (QED) is 0.703. The number of hydrogen-bond donors (Lipinski definition) is 1. The molecule has 0 atom stereocenters. The summed E-state index contributed by atoms with van der Waals surface area (Å²) in [4.78, 5) is 0. The number of rotatable bonds is 1. The lowest BCUT2D eigenvalue weighted by Gasteiger charge is -2.11. The molecule has 0 fully saturated rings. The van der Waals surface area contributed by atoms with Crippen molar-refractivity contribution in [2.45, 2.75) is 20.8 Å². The molecule has 0 bridgehead atoms. The molecule has 0 saturated heterocycles. The zero-order valence-corrected chi connectivity index (χ0v) is 10.8. The van der Waals surface area contributed by atoms with E-state index < -0.39 is 0 Å². The van der Waals surface area contributed by atoms with Gasteiger partial charge >= 0.3 is 0 Å². The Bertz CT molecular complexity index is 726. The zero-order valence-electron chi connectivity index (χ0n) is 10.8. The molecule has 1 aromatic heterocycles. The average molecular weight is 237 g/mol. The minimum Gasteiger partial charge on any atom is -0.197 e. The van der Waals surface area contributed by atoms with Crippen LogP contribution in [0.15, 0.2) is 30.3 Å². The number of hydrogen-bond acceptors (Lipinski definition) is 2. The minimum absolute atomic E-state index is 0.903.